The second-order valence-corrected chi connectivity index (χ2v) is 4.52. The van der Waals surface area contributed by atoms with Gasteiger partial charge in [0.05, 0.1) is 24.2 Å². The summed E-state index contributed by atoms with van der Waals surface area (Å²) in [6.45, 7) is 6.61. The first kappa shape index (κ1) is 12.7. The smallest absolute Gasteiger partial charge is 0.0692 e. The quantitative estimate of drug-likeness (QED) is 0.702. The Hall–Kier alpha value is -1.41. The first-order valence-electron chi connectivity index (χ1n) is 5.60. The van der Waals surface area contributed by atoms with Gasteiger partial charge in [-0.3, -0.25) is 4.68 Å². The molecule has 0 aliphatic heterocycles. The van der Waals surface area contributed by atoms with Gasteiger partial charge in [-0.25, -0.2) is 0 Å². The Morgan fingerprint density at radius 1 is 1.44 bits per heavy atom. The molecule has 0 bridgehead atoms. The largest absolute Gasteiger partial charge is 0.315 e. The molecule has 88 valence electrons. The molecule has 1 N–H and O–H groups in total. The van der Waals surface area contributed by atoms with Crippen molar-refractivity contribution in [3.63, 3.8) is 0 Å². The second-order valence-electron chi connectivity index (χ2n) is 4.52. The van der Waals surface area contributed by atoms with E-state index in [9.17, 15) is 0 Å². The minimum Gasteiger partial charge on any atom is -0.315 e. The van der Waals surface area contributed by atoms with Crippen LogP contribution in [0.25, 0.3) is 0 Å². The highest BCUT2D eigenvalue weighted by Gasteiger charge is 2.14. The molecule has 0 aliphatic rings. The third-order valence-corrected chi connectivity index (χ3v) is 2.45. The average molecular weight is 221 g/mol. The molecule has 1 rings (SSSR count). The maximum Gasteiger partial charge on any atom is 0.0692 e. The standard InChI is InChI=1S/C11H19N5/c1-11(2,10-12)4-3-5-13-6-8-16-9-7-14-15-16/h7,9,13H,3-6,8H2,1-2H3. The number of hydrogen-bond donors (Lipinski definition) is 1. The van der Waals surface area contributed by atoms with Crippen LogP contribution in [-0.2, 0) is 6.54 Å². The first-order valence-corrected chi connectivity index (χ1v) is 5.60. The van der Waals surface area contributed by atoms with E-state index < -0.39 is 0 Å². The van der Waals surface area contributed by atoms with Gasteiger partial charge in [-0.15, -0.1) is 5.10 Å². The molecule has 0 saturated carbocycles. The van der Waals surface area contributed by atoms with E-state index in [1.807, 2.05) is 20.0 Å². The zero-order chi connectivity index (χ0) is 11.9. The Morgan fingerprint density at radius 2 is 2.25 bits per heavy atom. The van der Waals surface area contributed by atoms with Gasteiger partial charge in [0.15, 0.2) is 0 Å². The summed E-state index contributed by atoms with van der Waals surface area (Å²) in [4.78, 5) is 0. The van der Waals surface area contributed by atoms with Crippen LogP contribution in [0.1, 0.15) is 26.7 Å². The van der Waals surface area contributed by atoms with Gasteiger partial charge in [-0.2, -0.15) is 5.26 Å². The molecule has 16 heavy (non-hydrogen) atoms. The number of rotatable bonds is 7. The summed E-state index contributed by atoms with van der Waals surface area (Å²) in [5.41, 5.74) is -0.201. The lowest BCUT2D eigenvalue weighted by atomic mass is 9.90. The highest BCUT2D eigenvalue weighted by Crippen LogP contribution is 2.19. The monoisotopic (exact) mass is 221 g/mol. The van der Waals surface area contributed by atoms with Crippen molar-refractivity contribution in [1.82, 2.24) is 20.3 Å². The van der Waals surface area contributed by atoms with E-state index in [1.54, 1.807) is 10.9 Å². The minimum absolute atomic E-state index is 0.201. The third-order valence-electron chi connectivity index (χ3n) is 2.45. The number of nitrogens with zero attached hydrogens (tertiary/aromatic N) is 4. The van der Waals surface area contributed by atoms with Crippen LogP contribution >= 0.6 is 0 Å². The summed E-state index contributed by atoms with van der Waals surface area (Å²) in [5, 5.41) is 19.8. The molecular weight excluding hydrogens is 202 g/mol. The summed E-state index contributed by atoms with van der Waals surface area (Å²) in [6.07, 6.45) is 5.48. The third kappa shape index (κ3) is 4.89. The van der Waals surface area contributed by atoms with Crippen molar-refractivity contribution >= 4 is 0 Å². The van der Waals surface area contributed by atoms with Crippen LogP contribution in [0.4, 0.5) is 0 Å². The van der Waals surface area contributed by atoms with Gasteiger partial charge in [-0.1, -0.05) is 5.21 Å². The van der Waals surface area contributed by atoms with Crippen molar-refractivity contribution in [3.05, 3.63) is 12.4 Å². The summed E-state index contributed by atoms with van der Waals surface area (Å²) in [6, 6.07) is 2.30. The van der Waals surface area contributed by atoms with E-state index in [-0.39, 0.29) is 5.41 Å². The highest BCUT2D eigenvalue weighted by molar-refractivity contribution is 4.91. The molecule has 0 aromatic carbocycles. The van der Waals surface area contributed by atoms with Gasteiger partial charge in [0.2, 0.25) is 0 Å². The Kier molecular flexibility index (Phi) is 4.93. The van der Waals surface area contributed by atoms with E-state index in [1.165, 1.54) is 0 Å². The van der Waals surface area contributed by atoms with Crippen molar-refractivity contribution in [2.45, 2.75) is 33.2 Å². The molecule has 0 fully saturated rings. The Labute approximate surface area is 96.5 Å². The Bertz CT molecular complexity index is 323. The summed E-state index contributed by atoms with van der Waals surface area (Å²) < 4.78 is 1.80. The summed E-state index contributed by atoms with van der Waals surface area (Å²) in [7, 11) is 0. The maximum atomic E-state index is 8.83. The minimum atomic E-state index is -0.201. The normalized spacial score (nSPS) is 11.3. The summed E-state index contributed by atoms with van der Waals surface area (Å²) >= 11 is 0. The van der Waals surface area contributed by atoms with Gasteiger partial charge in [0, 0.05) is 12.7 Å². The zero-order valence-electron chi connectivity index (χ0n) is 9.98. The van der Waals surface area contributed by atoms with E-state index >= 15 is 0 Å². The molecule has 0 unspecified atom stereocenters. The highest BCUT2D eigenvalue weighted by atomic mass is 15.4. The van der Waals surface area contributed by atoms with Gasteiger partial charge < -0.3 is 5.32 Å². The molecule has 5 heteroatoms. The van der Waals surface area contributed by atoms with E-state index in [4.69, 9.17) is 5.26 Å². The lowest BCUT2D eigenvalue weighted by Gasteiger charge is -2.14. The molecule has 1 aromatic rings. The van der Waals surface area contributed by atoms with E-state index in [0.29, 0.717) is 0 Å². The summed E-state index contributed by atoms with van der Waals surface area (Å²) in [5.74, 6) is 0. The lowest BCUT2D eigenvalue weighted by molar-refractivity contribution is 0.422. The van der Waals surface area contributed by atoms with Gasteiger partial charge in [-0.05, 0) is 33.2 Å². The predicted molar refractivity (Wildman–Crippen MR) is 61.5 cm³/mol. The SMILES string of the molecule is CC(C)(C#N)CCCNCCn1ccnn1. The van der Waals surface area contributed by atoms with Crippen LogP contribution in [0.3, 0.4) is 0 Å². The fourth-order valence-electron chi connectivity index (χ4n) is 1.38. The molecule has 0 saturated heterocycles. The lowest BCUT2D eigenvalue weighted by Crippen LogP contribution is -2.22. The molecule has 0 radical (unpaired) electrons. The van der Waals surface area contributed by atoms with Gasteiger partial charge in [0.25, 0.3) is 0 Å². The van der Waals surface area contributed by atoms with Crippen LogP contribution in [0.2, 0.25) is 0 Å². The van der Waals surface area contributed by atoms with E-state index in [2.05, 4.69) is 21.7 Å². The van der Waals surface area contributed by atoms with Gasteiger partial charge in [0.1, 0.15) is 0 Å². The number of nitrogens with one attached hydrogen (secondary N) is 1. The van der Waals surface area contributed by atoms with E-state index in [0.717, 1.165) is 32.5 Å². The van der Waals surface area contributed by atoms with Crippen LogP contribution in [0.15, 0.2) is 12.4 Å². The molecule has 0 spiro atoms. The van der Waals surface area contributed by atoms with Crippen molar-refractivity contribution in [2.24, 2.45) is 5.41 Å². The van der Waals surface area contributed by atoms with Crippen molar-refractivity contribution in [1.29, 1.82) is 5.26 Å². The Balaban J connectivity index is 1.99. The van der Waals surface area contributed by atoms with Crippen LogP contribution in [-0.4, -0.2) is 28.1 Å². The average Bonchev–Trinajstić information content (AvgIpc) is 2.76. The second kappa shape index (κ2) is 6.23. The molecule has 1 aromatic heterocycles. The molecule has 1 heterocycles. The molecular formula is C11H19N5. The first-order chi connectivity index (χ1) is 7.64. The molecule has 5 nitrogen and oxygen atoms in total. The molecule has 0 atom stereocenters. The fourth-order valence-corrected chi connectivity index (χ4v) is 1.38. The number of nitriles is 1. The van der Waals surface area contributed by atoms with Crippen LogP contribution in [0.5, 0.6) is 0 Å². The predicted octanol–water partition coefficient (Wildman–Crippen LogP) is 1.20. The number of aromatic nitrogens is 3. The zero-order valence-corrected chi connectivity index (χ0v) is 9.98. The topological polar surface area (TPSA) is 66.5 Å². The van der Waals surface area contributed by atoms with Gasteiger partial charge >= 0.3 is 0 Å². The molecule has 0 amide bonds. The fraction of sp³-hybridized carbons (Fsp3) is 0.727. The van der Waals surface area contributed by atoms with Crippen LogP contribution in [0, 0.1) is 16.7 Å². The number of hydrogen-bond acceptors (Lipinski definition) is 4. The van der Waals surface area contributed by atoms with Crippen molar-refractivity contribution in [3.8, 4) is 6.07 Å². The molecule has 0 aliphatic carbocycles. The maximum absolute atomic E-state index is 8.83. The van der Waals surface area contributed by atoms with Crippen LogP contribution < -0.4 is 5.32 Å². The Morgan fingerprint density at radius 3 is 2.88 bits per heavy atom. The van der Waals surface area contributed by atoms with Crippen molar-refractivity contribution < 1.29 is 0 Å². The van der Waals surface area contributed by atoms with Crippen molar-refractivity contribution in [2.75, 3.05) is 13.1 Å².